The van der Waals surface area contributed by atoms with Crippen LogP contribution in [0, 0.1) is 10.8 Å². The van der Waals surface area contributed by atoms with Gasteiger partial charge in [-0.15, -0.1) is 10.2 Å². The molecule has 6 aromatic rings. The summed E-state index contributed by atoms with van der Waals surface area (Å²) in [5.74, 6) is 1.37. The number of hydrogen-bond acceptors (Lipinski definition) is 9. The van der Waals surface area contributed by atoms with Crippen LogP contribution in [0.4, 0.5) is 42.8 Å². The minimum atomic E-state index is -4.42. The van der Waals surface area contributed by atoms with Gasteiger partial charge in [0.1, 0.15) is 17.2 Å². The molecular weight excluding hydrogens is 851 g/mol. The third-order valence-electron chi connectivity index (χ3n) is 13.3. The van der Waals surface area contributed by atoms with E-state index in [9.17, 15) is 31.1 Å². The van der Waals surface area contributed by atoms with Crippen molar-refractivity contribution in [2.75, 3.05) is 36.8 Å². The Morgan fingerprint density at radius 1 is 0.662 bits per heavy atom. The van der Waals surface area contributed by atoms with E-state index in [4.69, 9.17) is 4.74 Å². The molecule has 2 aliphatic heterocycles. The molecule has 65 heavy (non-hydrogen) atoms. The predicted molar refractivity (Wildman–Crippen MR) is 234 cm³/mol. The highest BCUT2D eigenvalue weighted by atomic mass is 19.4. The lowest BCUT2D eigenvalue weighted by molar-refractivity contribution is -0.138. The van der Waals surface area contributed by atoms with E-state index in [1.807, 2.05) is 39.0 Å². The average molecular weight is 903 g/mol. The summed E-state index contributed by atoms with van der Waals surface area (Å²) in [7, 11) is 0. The molecule has 3 N–H and O–H groups in total. The first kappa shape index (κ1) is 44.3. The van der Waals surface area contributed by atoms with E-state index in [-0.39, 0.29) is 17.6 Å². The molecule has 6 heterocycles. The topological polar surface area (TPSA) is 126 Å². The Morgan fingerprint density at radius 3 is 1.54 bits per heavy atom. The number of anilines is 2. The van der Waals surface area contributed by atoms with E-state index < -0.39 is 29.1 Å². The number of benzene rings is 2. The number of ether oxygens (including phenoxy) is 1. The standard InChI is InChI=1S/C26H30F3N5O2.C21H22F3N5/c1-24(2,3)36-23(35)33-11-9-25(10-12-33)14-19(15-25)31-21-7-8-22-30-16-20(34(22)32-21)17-5-4-6-18(13-17)26(27,28)29;22-21(23,24)15-3-1-2-14(10-15)17-13-26-19-5-4-18(28-29(17)19)27-16-11-20(12-16)6-8-25-9-7-20/h4-8,13,16,19H,9-12,14-15H2,1-3H3,(H,31,32);1-5,10,13,16,25H,6-9,11-12H2,(H,27,28). The zero-order valence-electron chi connectivity index (χ0n) is 36.4. The third-order valence-corrected chi connectivity index (χ3v) is 13.3. The van der Waals surface area contributed by atoms with Crippen LogP contribution in [-0.4, -0.2) is 84.1 Å². The maximum absolute atomic E-state index is 13.2. The number of halogens is 6. The van der Waals surface area contributed by atoms with Crippen LogP contribution in [0.3, 0.4) is 0 Å². The van der Waals surface area contributed by atoms with Crippen LogP contribution in [0.25, 0.3) is 33.8 Å². The molecule has 12 nitrogen and oxygen atoms in total. The minimum Gasteiger partial charge on any atom is -0.444 e. The summed E-state index contributed by atoms with van der Waals surface area (Å²) in [4.78, 5) is 22.7. The summed E-state index contributed by atoms with van der Waals surface area (Å²) in [5, 5.41) is 19.6. The number of carbonyl (C=O) groups is 1. The fourth-order valence-electron chi connectivity index (χ4n) is 9.86. The number of rotatable bonds is 6. The Bertz CT molecular complexity index is 2660. The minimum absolute atomic E-state index is 0.221. The summed E-state index contributed by atoms with van der Waals surface area (Å²) < 4.78 is 87.4. The first-order valence-corrected chi connectivity index (χ1v) is 22.1. The molecule has 0 atom stereocenters. The zero-order valence-corrected chi connectivity index (χ0v) is 36.4. The lowest BCUT2D eigenvalue weighted by atomic mass is 9.60. The van der Waals surface area contributed by atoms with E-state index in [0.29, 0.717) is 64.2 Å². The van der Waals surface area contributed by atoms with E-state index in [1.54, 1.807) is 44.5 Å². The van der Waals surface area contributed by atoms with Crippen molar-refractivity contribution in [2.45, 2.75) is 102 Å². The molecule has 4 fully saturated rings. The quantitative estimate of drug-likeness (QED) is 0.140. The molecule has 2 aliphatic carbocycles. The lowest BCUT2D eigenvalue weighted by Gasteiger charge is -2.52. The van der Waals surface area contributed by atoms with Gasteiger partial charge in [-0.05, 0) is 145 Å². The van der Waals surface area contributed by atoms with Crippen LogP contribution in [0.2, 0.25) is 0 Å². The summed E-state index contributed by atoms with van der Waals surface area (Å²) in [6.07, 6.45) is 2.63. The highest BCUT2D eigenvalue weighted by Gasteiger charge is 2.47. The molecule has 18 heteroatoms. The van der Waals surface area contributed by atoms with Gasteiger partial charge in [-0.1, -0.05) is 24.3 Å². The van der Waals surface area contributed by atoms with Crippen molar-refractivity contribution in [3.63, 3.8) is 0 Å². The van der Waals surface area contributed by atoms with Gasteiger partial charge in [-0.2, -0.15) is 26.3 Å². The van der Waals surface area contributed by atoms with Crippen molar-refractivity contribution in [1.82, 2.24) is 39.4 Å². The fourth-order valence-corrected chi connectivity index (χ4v) is 9.86. The van der Waals surface area contributed by atoms with Crippen LogP contribution in [0.15, 0.2) is 85.2 Å². The Balaban J connectivity index is 0.000000168. The van der Waals surface area contributed by atoms with Crippen LogP contribution in [-0.2, 0) is 17.1 Å². The van der Waals surface area contributed by atoms with Crippen molar-refractivity contribution < 1.29 is 35.9 Å². The molecule has 4 aromatic heterocycles. The molecule has 0 radical (unpaired) electrons. The first-order chi connectivity index (χ1) is 30.8. The van der Waals surface area contributed by atoms with Crippen molar-refractivity contribution in [3.8, 4) is 22.5 Å². The predicted octanol–water partition coefficient (Wildman–Crippen LogP) is 10.4. The Kier molecular flexibility index (Phi) is 11.5. The maximum Gasteiger partial charge on any atom is 0.416 e. The normalized spacial score (nSPS) is 19.6. The summed E-state index contributed by atoms with van der Waals surface area (Å²) in [5.41, 5.74) is 1.85. The van der Waals surface area contributed by atoms with Gasteiger partial charge in [0.2, 0.25) is 0 Å². The van der Waals surface area contributed by atoms with Crippen molar-refractivity contribution in [3.05, 3.63) is 96.3 Å². The number of hydrogen-bond donors (Lipinski definition) is 3. The second-order valence-electron chi connectivity index (χ2n) is 19.1. The van der Waals surface area contributed by atoms with Crippen LogP contribution < -0.4 is 16.0 Å². The van der Waals surface area contributed by atoms with Crippen molar-refractivity contribution >= 4 is 29.0 Å². The molecule has 2 saturated heterocycles. The van der Waals surface area contributed by atoms with Gasteiger partial charge in [0, 0.05) is 36.3 Å². The number of aromatic nitrogens is 6. The molecule has 2 aromatic carbocycles. The molecule has 1 amide bonds. The smallest absolute Gasteiger partial charge is 0.416 e. The number of alkyl halides is 6. The van der Waals surface area contributed by atoms with Gasteiger partial charge in [-0.25, -0.2) is 23.8 Å². The van der Waals surface area contributed by atoms with Crippen LogP contribution in [0.5, 0.6) is 0 Å². The Hall–Kier alpha value is -5.91. The van der Waals surface area contributed by atoms with Gasteiger partial charge >= 0.3 is 18.4 Å². The number of carbonyl (C=O) groups excluding carboxylic acids is 1. The average Bonchev–Trinajstić information content (AvgIpc) is 3.87. The van der Waals surface area contributed by atoms with Crippen molar-refractivity contribution in [1.29, 1.82) is 0 Å². The lowest BCUT2D eigenvalue weighted by Crippen LogP contribution is -2.53. The number of piperidine rings is 2. The summed E-state index contributed by atoms with van der Waals surface area (Å²) in [6.45, 7) is 9.18. The van der Waals surface area contributed by atoms with Gasteiger partial charge in [0.25, 0.3) is 0 Å². The number of nitrogens with zero attached hydrogens (tertiary/aromatic N) is 7. The van der Waals surface area contributed by atoms with Crippen LogP contribution >= 0.6 is 0 Å². The Labute approximate surface area is 372 Å². The highest BCUT2D eigenvalue weighted by molar-refractivity contribution is 5.68. The number of nitrogens with one attached hydrogen (secondary N) is 3. The summed E-state index contributed by atoms with van der Waals surface area (Å²) >= 11 is 0. The zero-order chi connectivity index (χ0) is 45.8. The van der Waals surface area contributed by atoms with Gasteiger partial charge < -0.3 is 25.6 Å². The third kappa shape index (κ3) is 9.72. The molecule has 2 saturated carbocycles. The summed E-state index contributed by atoms with van der Waals surface area (Å²) in [6, 6.07) is 18.5. The number of fused-ring (bicyclic) bond motifs is 2. The Morgan fingerprint density at radius 2 is 1.11 bits per heavy atom. The largest absolute Gasteiger partial charge is 0.444 e. The van der Waals surface area contributed by atoms with Crippen molar-refractivity contribution in [2.24, 2.45) is 10.8 Å². The second-order valence-corrected chi connectivity index (χ2v) is 19.1. The highest BCUT2D eigenvalue weighted by Crippen LogP contribution is 2.51. The molecule has 0 bridgehead atoms. The van der Waals surface area contributed by atoms with E-state index >= 15 is 0 Å². The fraction of sp³-hybridized carbons (Fsp3) is 0.468. The SMILES string of the molecule is CC(C)(C)OC(=O)N1CCC2(CC1)CC(Nc1ccc3ncc(-c4cccc(C(F)(F)F)c4)n3n1)C2.FC(F)(F)c1cccc(-c2cnc3ccc(NC4CC5(CCNCC5)C4)nn23)c1. The van der Waals surface area contributed by atoms with Gasteiger partial charge in [0.05, 0.1) is 34.9 Å². The second kappa shape index (κ2) is 16.8. The van der Waals surface area contributed by atoms with Gasteiger partial charge in [-0.3, -0.25) is 0 Å². The maximum atomic E-state index is 13.2. The molecule has 10 rings (SSSR count). The molecule has 0 unspecified atom stereocenters. The van der Waals surface area contributed by atoms with E-state index in [0.717, 1.165) is 81.7 Å². The monoisotopic (exact) mass is 902 g/mol. The van der Waals surface area contributed by atoms with Crippen LogP contribution in [0.1, 0.15) is 83.3 Å². The molecule has 4 aliphatic rings. The first-order valence-electron chi connectivity index (χ1n) is 22.1. The molecule has 344 valence electrons. The number of imidazole rings is 2. The van der Waals surface area contributed by atoms with Gasteiger partial charge in [0.15, 0.2) is 11.3 Å². The van der Waals surface area contributed by atoms with E-state index in [1.165, 1.54) is 25.0 Å². The van der Waals surface area contributed by atoms with E-state index in [2.05, 4.69) is 36.1 Å². The molecular formula is C47H52F6N10O2. The number of amides is 1. The molecule has 2 spiro atoms. The number of likely N-dealkylation sites (tertiary alicyclic amines) is 1.